The second-order valence-corrected chi connectivity index (χ2v) is 7.54. The molecule has 0 aliphatic heterocycles. The lowest BCUT2D eigenvalue weighted by atomic mass is 10.2. The lowest BCUT2D eigenvalue weighted by Crippen LogP contribution is -2.26. The third-order valence-electron chi connectivity index (χ3n) is 3.02. The first-order chi connectivity index (χ1) is 9.32. The molecule has 0 saturated carbocycles. The Balaban J connectivity index is 2.35. The van der Waals surface area contributed by atoms with Crippen molar-refractivity contribution in [2.75, 3.05) is 12.8 Å². The highest BCUT2D eigenvalue weighted by atomic mass is 32.2. The molecule has 1 aromatic carbocycles. The van der Waals surface area contributed by atoms with Gasteiger partial charge in [-0.05, 0) is 30.5 Å². The first kappa shape index (κ1) is 15.0. The molecule has 1 aromatic heterocycles. The summed E-state index contributed by atoms with van der Waals surface area (Å²) in [5.74, 6) is -0.618. The van der Waals surface area contributed by atoms with Crippen LogP contribution in [0, 0.1) is 12.7 Å². The van der Waals surface area contributed by atoms with Crippen molar-refractivity contribution in [3.8, 4) is 0 Å². The van der Waals surface area contributed by atoms with Gasteiger partial charge in [-0.25, -0.2) is 12.8 Å². The van der Waals surface area contributed by atoms with Gasteiger partial charge in [-0.15, -0.1) is 11.3 Å². The Kier molecular flexibility index (Phi) is 4.12. The second kappa shape index (κ2) is 5.51. The minimum atomic E-state index is -3.76. The molecule has 7 heteroatoms. The number of anilines is 1. The number of hydrogen-bond donors (Lipinski definition) is 1. The number of nitrogens with zero attached hydrogens (tertiary/aromatic N) is 1. The molecular weight excluding hydrogens is 299 g/mol. The molecule has 1 heterocycles. The third-order valence-corrected chi connectivity index (χ3v) is 5.67. The standard InChI is InChI=1S/C13H15FN2O2S2/c1-9-12(14)6-11(7-13(9)15)20(17,18)16(2)8-10-4-3-5-19-10/h3-7H,8,15H2,1-2H3. The van der Waals surface area contributed by atoms with E-state index in [-0.39, 0.29) is 22.7 Å². The molecule has 20 heavy (non-hydrogen) atoms. The maximum absolute atomic E-state index is 13.7. The Morgan fingerprint density at radius 1 is 1.40 bits per heavy atom. The molecule has 0 radical (unpaired) electrons. The lowest BCUT2D eigenvalue weighted by molar-refractivity contribution is 0.469. The van der Waals surface area contributed by atoms with Gasteiger partial charge < -0.3 is 5.73 Å². The zero-order valence-electron chi connectivity index (χ0n) is 11.1. The van der Waals surface area contributed by atoms with E-state index >= 15 is 0 Å². The third kappa shape index (κ3) is 2.84. The van der Waals surface area contributed by atoms with Crippen LogP contribution < -0.4 is 5.73 Å². The van der Waals surface area contributed by atoms with Gasteiger partial charge in [-0.1, -0.05) is 6.07 Å². The number of rotatable bonds is 4. The van der Waals surface area contributed by atoms with Gasteiger partial charge in [0.05, 0.1) is 4.90 Å². The van der Waals surface area contributed by atoms with Crippen molar-refractivity contribution in [3.63, 3.8) is 0 Å². The predicted molar refractivity (Wildman–Crippen MR) is 78.5 cm³/mol. The van der Waals surface area contributed by atoms with Crippen LogP contribution in [-0.2, 0) is 16.6 Å². The number of halogens is 1. The van der Waals surface area contributed by atoms with Gasteiger partial charge >= 0.3 is 0 Å². The summed E-state index contributed by atoms with van der Waals surface area (Å²) in [6.07, 6.45) is 0. The molecule has 0 fully saturated rings. The molecule has 0 unspecified atom stereocenters. The number of benzene rings is 1. The Morgan fingerprint density at radius 2 is 2.10 bits per heavy atom. The van der Waals surface area contributed by atoms with E-state index in [1.165, 1.54) is 35.7 Å². The normalized spacial score (nSPS) is 12.0. The average molecular weight is 314 g/mol. The largest absolute Gasteiger partial charge is 0.398 e. The Labute approximate surface area is 121 Å². The smallest absolute Gasteiger partial charge is 0.243 e. The molecule has 0 bridgehead atoms. The summed E-state index contributed by atoms with van der Waals surface area (Å²) in [6, 6.07) is 6.00. The fourth-order valence-electron chi connectivity index (χ4n) is 1.71. The van der Waals surface area contributed by atoms with Gasteiger partial charge in [0.15, 0.2) is 0 Å². The van der Waals surface area contributed by atoms with E-state index in [1.807, 2.05) is 17.5 Å². The summed E-state index contributed by atoms with van der Waals surface area (Å²) in [7, 11) is -2.30. The van der Waals surface area contributed by atoms with Crippen molar-refractivity contribution in [3.05, 3.63) is 45.9 Å². The molecule has 2 rings (SSSR count). The maximum atomic E-state index is 13.7. The van der Waals surface area contributed by atoms with Gasteiger partial charge in [0.2, 0.25) is 10.0 Å². The molecule has 2 N–H and O–H groups in total. The molecule has 0 saturated heterocycles. The molecular formula is C13H15FN2O2S2. The highest BCUT2D eigenvalue weighted by Gasteiger charge is 2.23. The number of nitrogen functional groups attached to an aromatic ring is 1. The Morgan fingerprint density at radius 3 is 2.65 bits per heavy atom. The summed E-state index contributed by atoms with van der Waals surface area (Å²) in [5.41, 5.74) is 6.02. The molecule has 108 valence electrons. The lowest BCUT2D eigenvalue weighted by Gasteiger charge is -2.17. The Bertz CT molecular complexity index is 689. The van der Waals surface area contributed by atoms with Crippen LogP contribution in [0.2, 0.25) is 0 Å². The van der Waals surface area contributed by atoms with E-state index in [0.717, 1.165) is 10.9 Å². The van der Waals surface area contributed by atoms with Crippen molar-refractivity contribution in [1.82, 2.24) is 4.31 Å². The van der Waals surface area contributed by atoms with Crippen LogP contribution in [0.4, 0.5) is 10.1 Å². The minimum Gasteiger partial charge on any atom is -0.398 e. The van der Waals surface area contributed by atoms with Gasteiger partial charge in [0.1, 0.15) is 5.82 Å². The monoisotopic (exact) mass is 314 g/mol. The molecule has 0 aliphatic rings. The highest BCUT2D eigenvalue weighted by Crippen LogP contribution is 2.24. The first-order valence-electron chi connectivity index (χ1n) is 5.86. The van der Waals surface area contributed by atoms with Crippen LogP contribution in [-0.4, -0.2) is 19.8 Å². The molecule has 0 amide bonds. The van der Waals surface area contributed by atoms with Crippen LogP contribution in [0.5, 0.6) is 0 Å². The number of hydrogen-bond acceptors (Lipinski definition) is 4. The van der Waals surface area contributed by atoms with Crippen molar-refractivity contribution in [2.45, 2.75) is 18.4 Å². The van der Waals surface area contributed by atoms with Crippen LogP contribution in [0.15, 0.2) is 34.5 Å². The van der Waals surface area contributed by atoms with E-state index in [0.29, 0.717) is 0 Å². The number of sulfonamides is 1. The van der Waals surface area contributed by atoms with Crippen LogP contribution in [0.3, 0.4) is 0 Å². The minimum absolute atomic E-state index is 0.128. The second-order valence-electron chi connectivity index (χ2n) is 4.46. The van der Waals surface area contributed by atoms with E-state index in [4.69, 9.17) is 5.73 Å². The number of nitrogens with two attached hydrogens (primary N) is 1. The molecule has 0 atom stereocenters. The van der Waals surface area contributed by atoms with Crippen molar-refractivity contribution < 1.29 is 12.8 Å². The molecule has 4 nitrogen and oxygen atoms in total. The SMILES string of the molecule is Cc1c(N)cc(S(=O)(=O)N(C)Cc2cccs2)cc1F. The van der Waals surface area contributed by atoms with Gasteiger partial charge in [-0.3, -0.25) is 0 Å². The van der Waals surface area contributed by atoms with Crippen LogP contribution >= 0.6 is 11.3 Å². The summed E-state index contributed by atoms with van der Waals surface area (Å²) in [5, 5.41) is 1.87. The average Bonchev–Trinajstić information content (AvgIpc) is 2.88. The first-order valence-corrected chi connectivity index (χ1v) is 8.18. The van der Waals surface area contributed by atoms with Crippen LogP contribution in [0.25, 0.3) is 0 Å². The van der Waals surface area contributed by atoms with E-state index in [9.17, 15) is 12.8 Å². The van der Waals surface area contributed by atoms with Crippen molar-refractivity contribution in [1.29, 1.82) is 0 Å². The van der Waals surface area contributed by atoms with Gasteiger partial charge in [0, 0.05) is 29.7 Å². The summed E-state index contributed by atoms with van der Waals surface area (Å²) in [6.45, 7) is 1.76. The van der Waals surface area contributed by atoms with Crippen LogP contribution in [0.1, 0.15) is 10.4 Å². The molecule has 0 spiro atoms. The van der Waals surface area contributed by atoms with E-state index in [2.05, 4.69) is 0 Å². The molecule has 0 aliphatic carbocycles. The quantitative estimate of drug-likeness (QED) is 0.882. The van der Waals surface area contributed by atoms with E-state index < -0.39 is 15.8 Å². The topological polar surface area (TPSA) is 63.4 Å². The number of thiophene rings is 1. The van der Waals surface area contributed by atoms with Crippen molar-refractivity contribution >= 4 is 27.0 Å². The maximum Gasteiger partial charge on any atom is 0.243 e. The molecule has 2 aromatic rings. The van der Waals surface area contributed by atoms with Crippen molar-refractivity contribution in [2.24, 2.45) is 0 Å². The summed E-state index contributed by atoms with van der Waals surface area (Å²) in [4.78, 5) is 0.786. The summed E-state index contributed by atoms with van der Waals surface area (Å²) >= 11 is 1.47. The zero-order chi connectivity index (χ0) is 14.9. The Hall–Kier alpha value is -1.44. The summed E-state index contributed by atoms with van der Waals surface area (Å²) < 4.78 is 39.6. The fourth-order valence-corrected chi connectivity index (χ4v) is 3.75. The fraction of sp³-hybridized carbons (Fsp3) is 0.231. The van der Waals surface area contributed by atoms with Gasteiger partial charge in [0.25, 0.3) is 0 Å². The highest BCUT2D eigenvalue weighted by molar-refractivity contribution is 7.89. The van der Waals surface area contributed by atoms with E-state index in [1.54, 1.807) is 0 Å². The predicted octanol–water partition coefficient (Wildman–Crippen LogP) is 2.60. The van der Waals surface area contributed by atoms with Gasteiger partial charge in [-0.2, -0.15) is 4.31 Å². The zero-order valence-corrected chi connectivity index (χ0v) is 12.8.